The predicted molar refractivity (Wildman–Crippen MR) is 118 cm³/mol. The minimum atomic E-state index is 0.250. The van der Waals surface area contributed by atoms with E-state index in [9.17, 15) is 5.11 Å². The molecule has 1 aliphatic rings. The highest BCUT2D eigenvalue weighted by atomic mass is 32.1. The fraction of sp³-hybridized carbons (Fsp3) is 0.524. The number of nitrogens with zero attached hydrogens (tertiary/aromatic N) is 4. The van der Waals surface area contributed by atoms with Crippen LogP contribution in [0.5, 0.6) is 0 Å². The lowest BCUT2D eigenvalue weighted by Crippen LogP contribution is -2.21. The quantitative estimate of drug-likeness (QED) is 0.534. The van der Waals surface area contributed by atoms with Crippen LogP contribution in [0.1, 0.15) is 45.2 Å². The standard InChI is InChI=1S/C21H28N6OS/c1-4-12(2)23-21-24-13(3)18(20-26-16-10-22-8-7-17(16)29-20)19(27-21)25-15-6-5-14(9-15)11-28/h7-8,10,12,14-15,28H,4-6,9,11H2,1-3H3,(H2,23,24,25,27)/t12-,14-,15+/m1/s1. The Bertz CT molecular complexity index is 957. The monoisotopic (exact) mass is 412 g/mol. The van der Waals surface area contributed by atoms with Crippen molar-refractivity contribution >= 4 is 33.3 Å². The fourth-order valence-electron chi connectivity index (χ4n) is 3.77. The summed E-state index contributed by atoms with van der Waals surface area (Å²) in [6, 6.07) is 2.58. The van der Waals surface area contributed by atoms with Crippen LogP contribution in [-0.2, 0) is 0 Å². The first-order valence-electron chi connectivity index (χ1n) is 10.3. The highest BCUT2D eigenvalue weighted by Crippen LogP contribution is 2.37. The van der Waals surface area contributed by atoms with Gasteiger partial charge in [-0.3, -0.25) is 4.98 Å². The molecule has 0 amide bonds. The van der Waals surface area contributed by atoms with Crippen LogP contribution in [0.25, 0.3) is 20.8 Å². The molecular formula is C21H28N6OS. The lowest BCUT2D eigenvalue weighted by molar-refractivity contribution is 0.229. The molecule has 1 saturated carbocycles. The van der Waals surface area contributed by atoms with Crippen LogP contribution in [0.15, 0.2) is 18.5 Å². The molecule has 0 aromatic carbocycles. The second-order valence-electron chi connectivity index (χ2n) is 7.88. The zero-order chi connectivity index (χ0) is 20.4. The fourth-order valence-corrected chi connectivity index (χ4v) is 4.80. The van der Waals surface area contributed by atoms with E-state index in [0.717, 1.165) is 58.0 Å². The maximum Gasteiger partial charge on any atom is 0.225 e. The molecule has 3 atom stereocenters. The first kappa shape index (κ1) is 20.0. The first-order valence-corrected chi connectivity index (χ1v) is 11.1. The van der Waals surface area contributed by atoms with E-state index in [1.807, 2.05) is 13.0 Å². The number of aliphatic hydroxyl groups excluding tert-OH is 1. The van der Waals surface area contributed by atoms with Crippen molar-refractivity contribution in [2.45, 2.75) is 58.5 Å². The van der Waals surface area contributed by atoms with Crippen LogP contribution in [-0.4, -0.2) is 43.7 Å². The van der Waals surface area contributed by atoms with Crippen molar-refractivity contribution in [3.8, 4) is 10.6 Å². The normalized spacial score (nSPS) is 20.1. The van der Waals surface area contributed by atoms with E-state index in [0.29, 0.717) is 23.9 Å². The van der Waals surface area contributed by atoms with Crippen molar-refractivity contribution in [2.75, 3.05) is 17.2 Å². The Morgan fingerprint density at radius 1 is 1.28 bits per heavy atom. The molecule has 154 valence electrons. The van der Waals surface area contributed by atoms with Crippen molar-refractivity contribution in [3.63, 3.8) is 0 Å². The summed E-state index contributed by atoms with van der Waals surface area (Å²) in [5, 5.41) is 17.4. The van der Waals surface area contributed by atoms with Gasteiger partial charge in [0.2, 0.25) is 5.95 Å². The summed E-state index contributed by atoms with van der Waals surface area (Å²) in [6.45, 7) is 6.53. The number of aliphatic hydroxyl groups is 1. The molecule has 29 heavy (non-hydrogen) atoms. The molecule has 3 aromatic rings. The van der Waals surface area contributed by atoms with Crippen LogP contribution in [0.2, 0.25) is 0 Å². The van der Waals surface area contributed by atoms with Gasteiger partial charge in [0.05, 0.1) is 22.2 Å². The third kappa shape index (κ3) is 4.33. The Balaban J connectivity index is 1.73. The zero-order valence-corrected chi connectivity index (χ0v) is 18.0. The number of nitrogens with one attached hydrogen (secondary N) is 2. The number of hydrogen-bond acceptors (Lipinski definition) is 8. The summed E-state index contributed by atoms with van der Waals surface area (Å²) in [5.74, 6) is 1.83. The summed E-state index contributed by atoms with van der Waals surface area (Å²) in [7, 11) is 0. The van der Waals surface area contributed by atoms with Gasteiger partial charge in [-0.25, -0.2) is 9.97 Å². The molecule has 4 rings (SSSR count). The van der Waals surface area contributed by atoms with Gasteiger partial charge in [-0.1, -0.05) is 6.92 Å². The van der Waals surface area contributed by atoms with Gasteiger partial charge >= 0.3 is 0 Å². The third-order valence-corrected chi connectivity index (χ3v) is 6.68. The molecule has 8 heteroatoms. The van der Waals surface area contributed by atoms with Gasteiger partial charge in [0.25, 0.3) is 0 Å². The number of fused-ring (bicyclic) bond motifs is 1. The number of rotatable bonds is 7. The third-order valence-electron chi connectivity index (χ3n) is 5.62. The average Bonchev–Trinajstić information content (AvgIpc) is 3.34. The molecule has 1 aliphatic carbocycles. The maximum absolute atomic E-state index is 9.50. The molecule has 3 heterocycles. The Labute approximate surface area is 175 Å². The SMILES string of the molecule is CC[C@@H](C)Nc1nc(C)c(-c2nc3cnccc3s2)c(N[C@H]2CC[C@@H](CO)C2)n1. The number of thiazole rings is 1. The van der Waals surface area contributed by atoms with E-state index in [2.05, 4.69) is 29.5 Å². The highest BCUT2D eigenvalue weighted by Gasteiger charge is 2.26. The summed E-state index contributed by atoms with van der Waals surface area (Å²) < 4.78 is 1.10. The molecule has 0 aliphatic heterocycles. The lowest BCUT2D eigenvalue weighted by atomic mass is 10.1. The van der Waals surface area contributed by atoms with Crippen LogP contribution in [0.4, 0.5) is 11.8 Å². The molecular weight excluding hydrogens is 384 g/mol. The molecule has 7 nitrogen and oxygen atoms in total. The topological polar surface area (TPSA) is 95.9 Å². The van der Waals surface area contributed by atoms with Crippen molar-refractivity contribution in [2.24, 2.45) is 5.92 Å². The zero-order valence-electron chi connectivity index (χ0n) is 17.1. The number of anilines is 2. The van der Waals surface area contributed by atoms with Gasteiger partial charge in [0.1, 0.15) is 16.3 Å². The van der Waals surface area contributed by atoms with E-state index in [4.69, 9.17) is 15.0 Å². The largest absolute Gasteiger partial charge is 0.396 e. The van der Waals surface area contributed by atoms with E-state index < -0.39 is 0 Å². The van der Waals surface area contributed by atoms with Crippen LogP contribution >= 0.6 is 11.3 Å². The van der Waals surface area contributed by atoms with Crippen molar-refractivity contribution < 1.29 is 5.11 Å². The Kier molecular flexibility index (Phi) is 5.91. The number of hydrogen-bond donors (Lipinski definition) is 3. The number of aryl methyl sites for hydroxylation is 1. The van der Waals surface area contributed by atoms with Crippen LogP contribution < -0.4 is 10.6 Å². The Morgan fingerprint density at radius 3 is 2.86 bits per heavy atom. The maximum atomic E-state index is 9.50. The Hall–Kier alpha value is -2.32. The van der Waals surface area contributed by atoms with Crippen molar-refractivity contribution in [3.05, 3.63) is 24.2 Å². The highest BCUT2D eigenvalue weighted by molar-refractivity contribution is 7.21. The predicted octanol–water partition coefficient (Wildman–Crippen LogP) is 4.24. The van der Waals surface area contributed by atoms with Gasteiger partial charge in [0, 0.05) is 24.9 Å². The van der Waals surface area contributed by atoms with Crippen LogP contribution in [0.3, 0.4) is 0 Å². The van der Waals surface area contributed by atoms with E-state index in [1.165, 1.54) is 0 Å². The van der Waals surface area contributed by atoms with Gasteiger partial charge in [-0.15, -0.1) is 11.3 Å². The van der Waals surface area contributed by atoms with E-state index >= 15 is 0 Å². The van der Waals surface area contributed by atoms with Crippen LogP contribution in [0, 0.1) is 12.8 Å². The van der Waals surface area contributed by atoms with Gasteiger partial charge in [-0.05, 0) is 51.5 Å². The average molecular weight is 413 g/mol. The van der Waals surface area contributed by atoms with E-state index in [-0.39, 0.29) is 6.61 Å². The molecule has 0 unspecified atom stereocenters. The van der Waals surface area contributed by atoms with Gasteiger partial charge in [-0.2, -0.15) is 4.98 Å². The lowest BCUT2D eigenvalue weighted by Gasteiger charge is -2.19. The first-order chi connectivity index (χ1) is 14.1. The summed E-state index contributed by atoms with van der Waals surface area (Å²) in [4.78, 5) is 18.5. The van der Waals surface area contributed by atoms with Crippen molar-refractivity contribution in [1.29, 1.82) is 0 Å². The molecule has 1 fully saturated rings. The number of aromatic nitrogens is 4. The molecule has 0 bridgehead atoms. The smallest absolute Gasteiger partial charge is 0.225 e. The molecule has 0 saturated heterocycles. The molecule has 0 radical (unpaired) electrons. The number of pyridine rings is 1. The van der Waals surface area contributed by atoms with Crippen molar-refractivity contribution in [1.82, 2.24) is 19.9 Å². The Morgan fingerprint density at radius 2 is 2.14 bits per heavy atom. The minimum absolute atomic E-state index is 0.250. The molecule has 3 aromatic heterocycles. The summed E-state index contributed by atoms with van der Waals surface area (Å²) in [6.07, 6.45) is 7.61. The second-order valence-corrected chi connectivity index (χ2v) is 8.91. The minimum Gasteiger partial charge on any atom is -0.396 e. The van der Waals surface area contributed by atoms with E-state index in [1.54, 1.807) is 23.7 Å². The second kappa shape index (κ2) is 8.59. The summed E-state index contributed by atoms with van der Waals surface area (Å²) in [5.41, 5.74) is 2.74. The molecule has 3 N–H and O–H groups in total. The van der Waals surface area contributed by atoms with Gasteiger partial charge in [0.15, 0.2) is 0 Å². The summed E-state index contributed by atoms with van der Waals surface area (Å²) >= 11 is 1.63. The molecule has 0 spiro atoms. The van der Waals surface area contributed by atoms with Gasteiger partial charge < -0.3 is 15.7 Å².